The molecule has 6 heteroatoms. The van der Waals surface area contributed by atoms with Crippen LogP contribution in [0.25, 0.3) is 11.3 Å². The Labute approximate surface area is 119 Å². The van der Waals surface area contributed by atoms with Gasteiger partial charge in [-0.25, -0.2) is 4.39 Å². The van der Waals surface area contributed by atoms with Crippen molar-refractivity contribution < 1.29 is 9.13 Å². The summed E-state index contributed by atoms with van der Waals surface area (Å²) in [4.78, 5) is 0. The number of aromatic nitrogens is 2. The van der Waals surface area contributed by atoms with Gasteiger partial charge in [-0.05, 0) is 40.7 Å². The zero-order valence-electron chi connectivity index (χ0n) is 10.8. The lowest BCUT2D eigenvalue weighted by molar-refractivity contribution is 0.415. The molecule has 0 saturated heterocycles. The molecule has 2 rings (SSSR count). The van der Waals surface area contributed by atoms with Crippen LogP contribution in [-0.4, -0.2) is 23.4 Å². The van der Waals surface area contributed by atoms with Crippen molar-refractivity contribution in [2.75, 3.05) is 13.7 Å². The number of hydrogen-bond donors (Lipinski definition) is 1. The first-order valence-corrected chi connectivity index (χ1v) is 6.63. The van der Waals surface area contributed by atoms with Crippen molar-refractivity contribution in [3.63, 3.8) is 0 Å². The number of aryl methyl sites for hydroxylation is 1. The number of rotatable bonds is 4. The standard InChI is InChI=1S/C13H15BrFN3O/c1-18-13(12(14)10(17-18)5-6-16)9-7-8(15)3-4-11(9)19-2/h3-4,7H,5-6,16H2,1-2H3. The first kappa shape index (κ1) is 14.0. The average molecular weight is 328 g/mol. The van der Waals surface area contributed by atoms with Gasteiger partial charge in [-0.15, -0.1) is 0 Å². The minimum atomic E-state index is -0.315. The van der Waals surface area contributed by atoms with E-state index in [0.717, 1.165) is 15.9 Å². The van der Waals surface area contributed by atoms with Gasteiger partial charge in [0.2, 0.25) is 0 Å². The molecule has 0 unspecified atom stereocenters. The fourth-order valence-corrected chi connectivity index (χ4v) is 2.76. The van der Waals surface area contributed by atoms with Crippen molar-refractivity contribution >= 4 is 15.9 Å². The van der Waals surface area contributed by atoms with E-state index in [2.05, 4.69) is 21.0 Å². The van der Waals surface area contributed by atoms with Gasteiger partial charge in [0.1, 0.15) is 11.6 Å². The SMILES string of the molecule is COc1ccc(F)cc1-c1c(Br)c(CCN)nn1C. The fourth-order valence-electron chi connectivity index (χ4n) is 2.01. The predicted octanol–water partition coefficient (Wildman–Crippen LogP) is 2.50. The van der Waals surface area contributed by atoms with Crippen molar-refractivity contribution in [1.29, 1.82) is 0 Å². The first-order valence-electron chi connectivity index (χ1n) is 5.83. The first-order chi connectivity index (χ1) is 9.08. The van der Waals surface area contributed by atoms with Gasteiger partial charge in [-0.1, -0.05) is 0 Å². The zero-order valence-corrected chi connectivity index (χ0v) is 12.4. The van der Waals surface area contributed by atoms with E-state index in [1.807, 2.05) is 7.05 Å². The Morgan fingerprint density at radius 2 is 2.21 bits per heavy atom. The van der Waals surface area contributed by atoms with Crippen molar-refractivity contribution in [2.24, 2.45) is 12.8 Å². The van der Waals surface area contributed by atoms with E-state index in [-0.39, 0.29) is 5.82 Å². The summed E-state index contributed by atoms with van der Waals surface area (Å²) < 4.78 is 21.3. The molecule has 19 heavy (non-hydrogen) atoms. The molecule has 0 aliphatic carbocycles. The topological polar surface area (TPSA) is 53.1 Å². The minimum absolute atomic E-state index is 0.315. The van der Waals surface area contributed by atoms with Gasteiger partial charge < -0.3 is 10.5 Å². The van der Waals surface area contributed by atoms with Crippen LogP contribution in [0.2, 0.25) is 0 Å². The van der Waals surface area contributed by atoms with E-state index in [4.69, 9.17) is 10.5 Å². The predicted molar refractivity (Wildman–Crippen MR) is 75.6 cm³/mol. The van der Waals surface area contributed by atoms with Crippen molar-refractivity contribution in [1.82, 2.24) is 9.78 Å². The summed E-state index contributed by atoms with van der Waals surface area (Å²) in [5.41, 5.74) is 7.84. The number of nitrogens with two attached hydrogens (primary N) is 1. The van der Waals surface area contributed by atoms with Gasteiger partial charge in [-0.2, -0.15) is 5.10 Å². The summed E-state index contributed by atoms with van der Waals surface area (Å²) >= 11 is 3.51. The number of methoxy groups -OCH3 is 1. The van der Waals surface area contributed by atoms with Crippen LogP contribution < -0.4 is 10.5 Å². The molecule has 0 atom stereocenters. The van der Waals surface area contributed by atoms with Crippen LogP contribution in [0.15, 0.2) is 22.7 Å². The molecule has 0 aliphatic heterocycles. The summed E-state index contributed by atoms with van der Waals surface area (Å²) in [6, 6.07) is 4.41. The Bertz CT molecular complexity index is 598. The van der Waals surface area contributed by atoms with Crippen molar-refractivity contribution in [3.05, 3.63) is 34.2 Å². The van der Waals surface area contributed by atoms with Crippen LogP contribution >= 0.6 is 15.9 Å². The van der Waals surface area contributed by atoms with Crippen LogP contribution in [0.5, 0.6) is 5.75 Å². The molecule has 1 aromatic carbocycles. The number of benzene rings is 1. The van der Waals surface area contributed by atoms with Crippen molar-refractivity contribution in [3.8, 4) is 17.0 Å². The van der Waals surface area contributed by atoms with Gasteiger partial charge in [-0.3, -0.25) is 4.68 Å². The van der Waals surface area contributed by atoms with Crippen LogP contribution in [0, 0.1) is 5.82 Å². The summed E-state index contributed by atoms with van der Waals surface area (Å²) in [6.45, 7) is 0.509. The lowest BCUT2D eigenvalue weighted by Crippen LogP contribution is -2.04. The van der Waals surface area contributed by atoms with Gasteiger partial charge in [0.15, 0.2) is 0 Å². The molecule has 1 aromatic heterocycles. The Balaban J connectivity index is 2.61. The van der Waals surface area contributed by atoms with Crippen molar-refractivity contribution in [2.45, 2.75) is 6.42 Å². The Kier molecular flexibility index (Phi) is 4.21. The Morgan fingerprint density at radius 3 is 2.84 bits per heavy atom. The average Bonchev–Trinajstić information content (AvgIpc) is 2.65. The molecule has 0 saturated carbocycles. The Hall–Kier alpha value is -1.40. The van der Waals surface area contributed by atoms with Gasteiger partial charge >= 0.3 is 0 Å². The quantitative estimate of drug-likeness (QED) is 0.938. The number of halogens is 2. The summed E-state index contributed by atoms with van der Waals surface area (Å²) in [5.74, 6) is 0.286. The van der Waals surface area contributed by atoms with Crippen LogP contribution in [0.3, 0.4) is 0 Å². The maximum atomic E-state index is 13.5. The largest absolute Gasteiger partial charge is 0.496 e. The normalized spacial score (nSPS) is 10.8. The maximum Gasteiger partial charge on any atom is 0.128 e. The monoisotopic (exact) mass is 327 g/mol. The highest BCUT2D eigenvalue weighted by atomic mass is 79.9. The van der Waals surface area contributed by atoms with E-state index in [0.29, 0.717) is 24.3 Å². The van der Waals surface area contributed by atoms with E-state index in [1.54, 1.807) is 17.9 Å². The summed E-state index contributed by atoms with van der Waals surface area (Å²) in [5, 5.41) is 4.39. The number of hydrogen-bond acceptors (Lipinski definition) is 3. The maximum absolute atomic E-state index is 13.5. The van der Waals surface area contributed by atoms with E-state index >= 15 is 0 Å². The molecule has 0 amide bonds. The third kappa shape index (κ3) is 2.64. The fraction of sp³-hybridized carbons (Fsp3) is 0.308. The number of nitrogens with zero attached hydrogens (tertiary/aromatic N) is 2. The van der Waals surface area contributed by atoms with E-state index < -0.39 is 0 Å². The smallest absolute Gasteiger partial charge is 0.128 e. The highest BCUT2D eigenvalue weighted by Gasteiger charge is 2.18. The second kappa shape index (κ2) is 5.71. The second-order valence-corrected chi connectivity index (χ2v) is 4.91. The van der Waals surface area contributed by atoms with Gasteiger partial charge in [0.25, 0.3) is 0 Å². The molecule has 0 spiro atoms. The molecule has 0 radical (unpaired) electrons. The third-order valence-electron chi connectivity index (χ3n) is 2.85. The lowest BCUT2D eigenvalue weighted by Gasteiger charge is -2.09. The third-order valence-corrected chi connectivity index (χ3v) is 3.69. The van der Waals surface area contributed by atoms with Crippen LogP contribution in [-0.2, 0) is 13.5 Å². The van der Waals surface area contributed by atoms with Gasteiger partial charge in [0.05, 0.1) is 23.0 Å². The Morgan fingerprint density at radius 1 is 1.47 bits per heavy atom. The van der Waals surface area contributed by atoms with Crippen LogP contribution in [0.1, 0.15) is 5.69 Å². The molecule has 102 valence electrons. The molecule has 0 bridgehead atoms. The summed E-state index contributed by atoms with van der Waals surface area (Å²) in [6.07, 6.45) is 0.659. The molecule has 2 N–H and O–H groups in total. The highest BCUT2D eigenvalue weighted by Crippen LogP contribution is 2.36. The molecule has 1 heterocycles. The zero-order chi connectivity index (χ0) is 14.0. The molecule has 4 nitrogen and oxygen atoms in total. The second-order valence-electron chi connectivity index (χ2n) is 4.12. The molecular formula is C13H15BrFN3O. The van der Waals surface area contributed by atoms with E-state index in [1.165, 1.54) is 12.1 Å². The lowest BCUT2D eigenvalue weighted by atomic mass is 10.1. The molecule has 0 aliphatic rings. The van der Waals surface area contributed by atoms with E-state index in [9.17, 15) is 4.39 Å². The molecule has 2 aromatic rings. The number of ether oxygens (including phenoxy) is 1. The highest BCUT2D eigenvalue weighted by molar-refractivity contribution is 9.10. The molecule has 0 fully saturated rings. The summed E-state index contributed by atoms with van der Waals surface area (Å²) in [7, 11) is 3.37. The van der Waals surface area contributed by atoms with Crippen LogP contribution in [0.4, 0.5) is 4.39 Å². The minimum Gasteiger partial charge on any atom is -0.496 e. The molecular weight excluding hydrogens is 313 g/mol. The van der Waals surface area contributed by atoms with Gasteiger partial charge in [0, 0.05) is 19.0 Å².